The first-order valence-corrected chi connectivity index (χ1v) is 7.36. The highest BCUT2D eigenvalue weighted by Crippen LogP contribution is 2.15. The van der Waals surface area contributed by atoms with Gasteiger partial charge in [0.05, 0.1) is 12.8 Å². The number of pyridine rings is 1. The Balaban J connectivity index is 2.07. The van der Waals surface area contributed by atoms with Crippen LogP contribution < -0.4 is 10.1 Å². The van der Waals surface area contributed by atoms with Gasteiger partial charge in [0.1, 0.15) is 11.4 Å². The van der Waals surface area contributed by atoms with Gasteiger partial charge in [-0.25, -0.2) is 4.79 Å². The first-order chi connectivity index (χ1) is 9.37. The summed E-state index contributed by atoms with van der Waals surface area (Å²) in [4.78, 5) is 15.4. The third kappa shape index (κ3) is 7.99. The predicted octanol–water partition coefficient (Wildman–Crippen LogP) is 3.53. The number of alkyl carbamates (subject to hydrolysis) is 1. The number of nitrogens with zero attached hydrogens (tertiary/aromatic N) is 1. The van der Waals surface area contributed by atoms with Crippen LogP contribution in [0.15, 0.2) is 22.9 Å². The maximum Gasteiger partial charge on any atom is 0.407 e. The molecule has 0 saturated carbocycles. The fourth-order valence-corrected chi connectivity index (χ4v) is 1.74. The van der Waals surface area contributed by atoms with E-state index < -0.39 is 5.60 Å². The second kappa shape index (κ2) is 8.09. The van der Waals surface area contributed by atoms with Crippen molar-refractivity contribution in [1.82, 2.24) is 10.3 Å². The lowest BCUT2D eigenvalue weighted by molar-refractivity contribution is 0.0526. The summed E-state index contributed by atoms with van der Waals surface area (Å²) in [5, 5.41) is 2.71. The van der Waals surface area contributed by atoms with Crippen LogP contribution in [0.5, 0.6) is 5.75 Å². The standard InChI is InChI=1S/C14H21BrN2O3/c1-14(2,3)20-13(18)17-6-4-5-7-19-12-8-11(15)9-16-10-12/h8-10H,4-7H2,1-3H3,(H,17,18). The largest absolute Gasteiger partial charge is 0.492 e. The van der Waals surface area contributed by atoms with Gasteiger partial charge in [0.2, 0.25) is 0 Å². The van der Waals surface area contributed by atoms with Gasteiger partial charge in [-0.3, -0.25) is 4.98 Å². The topological polar surface area (TPSA) is 60.5 Å². The van der Waals surface area contributed by atoms with Gasteiger partial charge in [0.25, 0.3) is 0 Å². The van der Waals surface area contributed by atoms with Crippen molar-refractivity contribution in [3.05, 3.63) is 22.9 Å². The molecule has 0 aliphatic rings. The first kappa shape index (κ1) is 16.8. The number of ether oxygens (including phenoxy) is 2. The first-order valence-electron chi connectivity index (χ1n) is 6.57. The second-order valence-electron chi connectivity index (χ2n) is 5.32. The molecule has 1 rings (SSSR count). The molecule has 0 saturated heterocycles. The molecule has 0 unspecified atom stereocenters. The normalized spacial score (nSPS) is 11.0. The van der Waals surface area contributed by atoms with Crippen molar-refractivity contribution in [2.24, 2.45) is 0 Å². The molecule has 0 aromatic carbocycles. The van der Waals surface area contributed by atoms with Gasteiger partial charge >= 0.3 is 6.09 Å². The van der Waals surface area contributed by atoms with Crippen LogP contribution in [0.1, 0.15) is 33.6 Å². The molecular weight excluding hydrogens is 324 g/mol. The molecule has 5 nitrogen and oxygen atoms in total. The van der Waals surface area contributed by atoms with Crippen LogP contribution in [0, 0.1) is 0 Å². The summed E-state index contributed by atoms with van der Waals surface area (Å²) in [6.45, 7) is 6.69. The highest BCUT2D eigenvalue weighted by atomic mass is 79.9. The van der Waals surface area contributed by atoms with E-state index in [0.717, 1.165) is 23.1 Å². The van der Waals surface area contributed by atoms with E-state index in [-0.39, 0.29) is 6.09 Å². The Labute approximate surface area is 128 Å². The molecule has 0 fully saturated rings. The SMILES string of the molecule is CC(C)(C)OC(=O)NCCCCOc1cncc(Br)c1. The number of hydrogen-bond acceptors (Lipinski definition) is 4. The quantitative estimate of drug-likeness (QED) is 0.802. The highest BCUT2D eigenvalue weighted by Gasteiger charge is 2.15. The molecule has 0 atom stereocenters. The molecule has 1 amide bonds. The number of amides is 1. The Hall–Kier alpha value is -1.30. The van der Waals surface area contributed by atoms with E-state index in [1.165, 1.54) is 0 Å². The Kier molecular flexibility index (Phi) is 6.78. The van der Waals surface area contributed by atoms with Crippen LogP contribution in [0.4, 0.5) is 4.79 Å². The zero-order valence-corrected chi connectivity index (χ0v) is 13.7. The summed E-state index contributed by atoms with van der Waals surface area (Å²) in [5.41, 5.74) is -0.457. The van der Waals surface area contributed by atoms with Gasteiger partial charge in [-0.1, -0.05) is 0 Å². The van der Waals surface area contributed by atoms with Crippen molar-refractivity contribution < 1.29 is 14.3 Å². The number of carbonyl (C=O) groups is 1. The summed E-state index contributed by atoms with van der Waals surface area (Å²) >= 11 is 3.33. The summed E-state index contributed by atoms with van der Waals surface area (Å²) in [6.07, 6.45) is 4.68. The number of unbranched alkanes of at least 4 members (excludes halogenated alkanes) is 1. The molecule has 6 heteroatoms. The average molecular weight is 345 g/mol. The smallest absolute Gasteiger partial charge is 0.407 e. The Bertz CT molecular complexity index is 433. The van der Waals surface area contributed by atoms with Gasteiger partial charge in [-0.05, 0) is 55.6 Å². The summed E-state index contributed by atoms with van der Waals surface area (Å²) in [7, 11) is 0. The van der Waals surface area contributed by atoms with Gasteiger partial charge in [0, 0.05) is 17.2 Å². The van der Waals surface area contributed by atoms with E-state index in [0.29, 0.717) is 13.2 Å². The van der Waals surface area contributed by atoms with Crippen LogP contribution in [-0.2, 0) is 4.74 Å². The van der Waals surface area contributed by atoms with E-state index in [1.54, 1.807) is 12.4 Å². The zero-order valence-electron chi connectivity index (χ0n) is 12.1. The Morgan fingerprint density at radius 1 is 1.35 bits per heavy atom. The molecule has 0 aliphatic carbocycles. The fourth-order valence-electron chi connectivity index (χ4n) is 1.39. The minimum absolute atomic E-state index is 0.380. The molecule has 1 aromatic heterocycles. The Morgan fingerprint density at radius 3 is 2.75 bits per heavy atom. The molecule has 1 heterocycles. The number of aromatic nitrogens is 1. The maximum atomic E-state index is 11.4. The van der Waals surface area contributed by atoms with E-state index in [1.807, 2.05) is 26.8 Å². The van der Waals surface area contributed by atoms with Crippen LogP contribution >= 0.6 is 15.9 Å². The molecule has 1 N–H and O–H groups in total. The zero-order chi connectivity index (χ0) is 15.0. The number of nitrogens with one attached hydrogen (secondary N) is 1. The maximum absolute atomic E-state index is 11.4. The average Bonchev–Trinajstić information content (AvgIpc) is 2.31. The fraction of sp³-hybridized carbons (Fsp3) is 0.571. The molecule has 1 aromatic rings. The lowest BCUT2D eigenvalue weighted by Crippen LogP contribution is -2.33. The van der Waals surface area contributed by atoms with Gasteiger partial charge in [0.15, 0.2) is 0 Å². The molecule has 112 valence electrons. The van der Waals surface area contributed by atoms with Crippen molar-refractivity contribution in [1.29, 1.82) is 0 Å². The van der Waals surface area contributed by atoms with Gasteiger partial charge < -0.3 is 14.8 Å². The molecular formula is C14H21BrN2O3. The lowest BCUT2D eigenvalue weighted by Gasteiger charge is -2.19. The molecule has 0 aliphatic heterocycles. The molecule has 0 spiro atoms. The third-order valence-electron chi connectivity index (χ3n) is 2.19. The summed E-state index contributed by atoms with van der Waals surface area (Å²) in [5.74, 6) is 0.736. The van der Waals surface area contributed by atoms with Crippen molar-refractivity contribution in [3.8, 4) is 5.75 Å². The van der Waals surface area contributed by atoms with E-state index >= 15 is 0 Å². The number of halogens is 1. The number of rotatable bonds is 6. The third-order valence-corrected chi connectivity index (χ3v) is 2.62. The van der Waals surface area contributed by atoms with Crippen LogP contribution in [0.3, 0.4) is 0 Å². The number of carbonyl (C=O) groups excluding carboxylic acids is 1. The minimum atomic E-state index is -0.457. The van der Waals surface area contributed by atoms with Crippen molar-refractivity contribution in [3.63, 3.8) is 0 Å². The van der Waals surface area contributed by atoms with Gasteiger partial charge in [-0.15, -0.1) is 0 Å². The Morgan fingerprint density at radius 2 is 2.10 bits per heavy atom. The number of hydrogen-bond donors (Lipinski definition) is 1. The minimum Gasteiger partial charge on any atom is -0.492 e. The van der Waals surface area contributed by atoms with E-state index in [2.05, 4.69) is 26.2 Å². The predicted molar refractivity (Wildman–Crippen MR) is 80.9 cm³/mol. The summed E-state index contributed by atoms with van der Waals surface area (Å²) < 4.78 is 11.6. The van der Waals surface area contributed by atoms with E-state index in [4.69, 9.17) is 9.47 Å². The highest BCUT2D eigenvalue weighted by molar-refractivity contribution is 9.10. The monoisotopic (exact) mass is 344 g/mol. The van der Waals surface area contributed by atoms with Crippen LogP contribution in [0.25, 0.3) is 0 Å². The summed E-state index contributed by atoms with van der Waals surface area (Å²) in [6, 6.07) is 1.87. The second-order valence-corrected chi connectivity index (χ2v) is 6.24. The molecule has 0 radical (unpaired) electrons. The van der Waals surface area contributed by atoms with Crippen molar-refractivity contribution in [2.75, 3.05) is 13.2 Å². The lowest BCUT2D eigenvalue weighted by atomic mass is 10.2. The van der Waals surface area contributed by atoms with E-state index in [9.17, 15) is 4.79 Å². The van der Waals surface area contributed by atoms with Crippen LogP contribution in [0.2, 0.25) is 0 Å². The van der Waals surface area contributed by atoms with Crippen molar-refractivity contribution in [2.45, 2.75) is 39.2 Å². The van der Waals surface area contributed by atoms with Crippen LogP contribution in [-0.4, -0.2) is 29.8 Å². The molecule has 20 heavy (non-hydrogen) atoms. The molecule has 0 bridgehead atoms. The van der Waals surface area contributed by atoms with Crippen molar-refractivity contribution >= 4 is 22.0 Å². The van der Waals surface area contributed by atoms with Gasteiger partial charge in [-0.2, -0.15) is 0 Å².